The molecule has 3 N–H and O–H groups in total. The van der Waals surface area contributed by atoms with Gasteiger partial charge in [-0.25, -0.2) is 4.98 Å². The number of carbonyl (C=O) groups excluding carboxylic acids is 1. The van der Waals surface area contributed by atoms with Crippen molar-refractivity contribution in [3.05, 3.63) is 11.6 Å². The van der Waals surface area contributed by atoms with Crippen molar-refractivity contribution in [2.24, 2.45) is 5.73 Å². The van der Waals surface area contributed by atoms with Crippen LogP contribution in [-0.4, -0.2) is 17.4 Å². The summed E-state index contributed by atoms with van der Waals surface area (Å²) >= 11 is 1.50. The number of primary amides is 1. The van der Waals surface area contributed by atoms with Gasteiger partial charge in [0.25, 0.3) is 0 Å². The number of hydrogen-bond donors (Lipinski definition) is 2. The monoisotopic (exact) mass is 171 g/mol. The summed E-state index contributed by atoms with van der Waals surface area (Å²) in [4.78, 5) is 14.3. The summed E-state index contributed by atoms with van der Waals surface area (Å²) in [7, 11) is 0. The molecule has 60 valence electrons. The molecule has 0 spiro atoms. The molecule has 1 aromatic rings. The number of carbonyl (C=O) groups is 1. The Labute approximate surface area is 68.4 Å². The zero-order valence-electron chi connectivity index (χ0n) is 5.91. The molecule has 1 amide bonds. The predicted octanol–water partition coefficient (Wildman–Crippen LogP) is 0.430. The zero-order valence-corrected chi connectivity index (χ0v) is 6.73. The lowest BCUT2D eigenvalue weighted by molar-refractivity contribution is -0.117. The zero-order chi connectivity index (χ0) is 8.10. The Morgan fingerprint density at radius 1 is 1.82 bits per heavy atom. The average Bonchev–Trinajstić information content (AvgIpc) is 2.39. The Morgan fingerprint density at radius 3 is 3.18 bits per heavy atom. The van der Waals surface area contributed by atoms with E-state index in [0.717, 1.165) is 5.13 Å². The number of hydrogen-bond acceptors (Lipinski definition) is 4. The fourth-order valence-electron chi connectivity index (χ4n) is 0.603. The van der Waals surface area contributed by atoms with E-state index in [2.05, 4.69) is 10.3 Å². The Bertz CT molecular complexity index is 222. The van der Waals surface area contributed by atoms with Gasteiger partial charge in [-0.3, -0.25) is 4.79 Å². The second kappa shape index (κ2) is 3.92. The van der Waals surface area contributed by atoms with Crippen LogP contribution in [0.5, 0.6) is 0 Å². The lowest BCUT2D eigenvalue weighted by atomic mass is 10.4. The first kappa shape index (κ1) is 8.00. The van der Waals surface area contributed by atoms with E-state index in [1.54, 1.807) is 6.20 Å². The average molecular weight is 171 g/mol. The van der Waals surface area contributed by atoms with E-state index in [1.165, 1.54) is 11.3 Å². The van der Waals surface area contributed by atoms with E-state index in [-0.39, 0.29) is 5.91 Å². The van der Waals surface area contributed by atoms with Crippen LogP contribution in [0.15, 0.2) is 11.6 Å². The summed E-state index contributed by atoms with van der Waals surface area (Å²) in [6, 6.07) is 0. The van der Waals surface area contributed by atoms with Gasteiger partial charge in [-0.1, -0.05) is 0 Å². The van der Waals surface area contributed by atoms with E-state index in [0.29, 0.717) is 13.0 Å². The third-order valence-electron chi connectivity index (χ3n) is 1.08. The summed E-state index contributed by atoms with van der Waals surface area (Å²) in [5.74, 6) is -0.297. The molecule has 0 aliphatic carbocycles. The third-order valence-corrected chi connectivity index (χ3v) is 1.81. The smallest absolute Gasteiger partial charge is 0.219 e. The molecular weight excluding hydrogens is 162 g/mol. The van der Waals surface area contributed by atoms with Gasteiger partial charge in [-0.2, -0.15) is 0 Å². The third kappa shape index (κ3) is 2.99. The summed E-state index contributed by atoms with van der Waals surface area (Å²) in [5.41, 5.74) is 4.94. The van der Waals surface area contributed by atoms with Gasteiger partial charge in [-0.05, 0) is 0 Å². The Kier molecular flexibility index (Phi) is 2.85. The number of aromatic nitrogens is 1. The molecule has 0 aromatic carbocycles. The summed E-state index contributed by atoms with van der Waals surface area (Å²) in [5, 5.41) is 5.66. The molecule has 0 saturated heterocycles. The minimum Gasteiger partial charge on any atom is -0.370 e. The van der Waals surface area contributed by atoms with Gasteiger partial charge in [-0.15, -0.1) is 11.3 Å². The van der Waals surface area contributed by atoms with Crippen LogP contribution in [-0.2, 0) is 4.79 Å². The van der Waals surface area contributed by atoms with Gasteiger partial charge in [0.15, 0.2) is 5.13 Å². The van der Waals surface area contributed by atoms with E-state index in [9.17, 15) is 4.79 Å². The number of nitrogens with one attached hydrogen (secondary N) is 1. The normalized spacial score (nSPS) is 9.45. The van der Waals surface area contributed by atoms with Crippen molar-refractivity contribution in [2.45, 2.75) is 6.42 Å². The number of thiazole rings is 1. The van der Waals surface area contributed by atoms with Gasteiger partial charge >= 0.3 is 0 Å². The molecule has 1 rings (SSSR count). The van der Waals surface area contributed by atoms with Gasteiger partial charge in [0.1, 0.15) is 0 Å². The molecule has 0 bridgehead atoms. The fraction of sp³-hybridized carbons (Fsp3) is 0.333. The second-order valence-electron chi connectivity index (χ2n) is 1.98. The van der Waals surface area contributed by atoms with Crippen LogP contribution in [0.3, 0.4) is 0 Å². The van der Waals surface area contributed by atoms with Crippen molar-refractivity contribution in [3.63, 3.8) is 0 Å². The quantitative estimate of drug-likeness (QED) is 0.690. The van der Waals surface area contributed by atoms with E-state index in [4.69, 9.17) is 5.73 Å². The molecule has 0 fully saturated rings. The summed E-state index contributed by atoms with van der Waals surface area (Å²) < 4.78 is 0. The fourth-order valence-corrected chi connectivity index (χ4v) is 1.16. The van der Waals surface area contributed by atoms with Crippen LogP contribution in [0.4, 0.5) is 5.13 Å². The Balaban J connectivity index is 2.19. The number of nitrogens with zero attached hydrogens (tertiary/aromatic N) is 1. The van der Waals surface area contributed by atoms with Crippen molar-refractivity contribution in [1.82, 2.24) is 4.98 Å². The molecule has 0 radical (unpaired) electrons. The van der Waals surface area contributed by atoms with Crippen molar-refractivity contribution < 1.29 is 4.79 Å². The molecule has 1 aromatic heterocycles. The Morgan fingerprint density at radius 2 is 2.64 bits per heavy atom. The number of anilines is 1. The standard InChI is InChI=1S/C6H9N3OS/c7-5(10)1-2-8-6-9-3-4-11-6/h3-4H,1-2H2,(H2,7,10)(H,8,9). The van der Waals surface area contributed by atoms with Crippen molar-refractivity contribution in [2.75, 3.05) is 11.9 Å². The van der Waals surface area contributed by atoms with Gasteiger partial charge in [0.05, 0.1) is 0 Å². The molecule has 0 aliphatic rings. The molecule has 5 heteroatoms. The van der Waals surface area contributed by atoms with E-state index >= 15 is 0 Å². The molecule has 0 aliphatic heterocycles. The summed E-state index contributed by atoms with van der Waals surface area (Å²) in [6.07, 6.45) is 2.05. The highest BCUT2D eigenvalue weighted by Crippen LogP contribution is 2.09. The van der Waals surface area contributed by atoms with E-state index in [1.807, 2.05) is 5.38 Å². The van der Waals surface area contributed by atoms with Crippen molar-refractivity contribution in [3.8, 4) is 0 Å². The second-order valence-corrected chi connectivity index (χ2v) is 2.87. The van der Waals surface area contributed by atoms with Crippen LogP contribution < -0.4 is 11.1 Å². The minimum atomic E-state index is -0.297. The lowest BCUT2D eigenvalue weighted by Crippen LogP contribution is -2.15. The first-order chi connectivity index (χ1) is 5.29. The minimum absolute atomic E-state index is 0.297. The molecule has 0 unspecified atom stereocenters. The highest BCUT2D eigenvalue weighted by molar-refractivity contribution is 7.13. The topological polar surface area (TPSA) is 68.0 Å². The SMILES string of the molecule is NC(=O)CCNc1nccs1. The molecular formula is C6H9N3OS. The molecule has 4 nitrogen and oxygen atoms in total. The highest BCUT2D eigenvalue weighted by atomic mass is 32.1. The Hall–Kier alpha value is -1.10. The van der Waals surface area contributed by atoms with Gasteiger partial charge in [0, 0.05) is 24.5 Å². The highest BCUT2D eigenvalue weighted by Gasteiger charge is 1.95. The lowest BCUT2D eigenvalue weighted by Gasteiger charge is -1.97. The van der Waals surface area contributed by atoms with Gasteiger partial charge in [0.2, 0.25) is 5.91 Å². The van der Waals surface area contributed by atoms with Gasteiger partial charge < -0.3 is 11.1 Å². The van der Waals surface area contributed by atoms with Crippen LogP contribution >= 0.6 is 11.3 Å². The maximum Gasteiger partial charge on any atom is 0.219 e. The number of nitrogens with two attached hydrogens (primary N) is 1. The predicted molar refractivity (Wildman–Crippen MR) is 44.4 cm³/mol. The van der Waals surface area contributed by atoms with Crippen LogP contribution in [0.2, 0.25) is 0 Å². The largest absolute Gasteiger partial charge is 0.370 e. The van der Waals surface area contributed by atoms with Crippen LogP contribution in [0.25, 0.3) is 0 Å². The van der Waals surface area contributed by atoms with Crippen molar-refractivity contribution in [1.29, 1.82) is 0 Å². The van der Waals surface area contributed by atoms with Crippen LogP contribution in [0, 0.1) is 0 Å². The molecule has 0 atom stereocenters. The molecule has 11 heavy (non-hydrogen) atoms. The van der Waals surface area contributed by atoms with Crippen molar-refractivity contribution >= 4 is 22.4 Å². The number of rotatable bonds is 4. The maximum atomic E-state index is 10.3. The van der Waals surface area contributed by atoms with E-state index < -0.39 is 0 Å². The molecule has 0 saturated carbocycles. The molecule has 1 heterocycles. The maximum absolute atomic E-state index is 10.3. The first-order valence-electron chi connectivity index (χ1n) is 3.20. The first-order valence-corrected chi connectivity index (χ1v) is 4.08. The summed E-state index contributed by atoms with van der Waals surface area (Å²) in [6.45, 7) is 0.558. The number of amides is 1. The van der Waals surface area contributed by atoms with Crippen LogP contribution in [0.1, 0.15) is 6.42 Å².